The molecule has 1 aliphatic heterocycles. The van der Waals surface area contributed by atoms with Gasteiger partial charge in [-0.2, -0.15) is 9.90 Å². The van der Waals surface area contributed by atoms with Crippen LogP contribution in [0, 0.1) is 0 Å². The zero-order valence-electron chi connectivity index (χ0n) is 15.2. The number of urea groups is 1. The molecule has 0 spiro atoms. The Hall–Kier alpha value is -3.23. The third-order valence-corrected chi connectivity index (χ3v) is 4.70. The first-order valence-corrected chi connectivity index (χ1v) is 9.16. The topological polar surface area (TPSA) is 93.8 Å². The van der Waals surface area contributed by atoms with Crippen molar-refractivity contribution in [1.29, 1.82) is 0 Å². The van der Waals surface area contributed by atoms with Crippen LogP contribution in [0.2, 0.25) is 0 Å². The Morgan fingerprint density at radius 3 is 3.04 bits per heavy atom. The highest BCUT2D eigenvalue weighted by atomic mass is 16.2. The van der Waals surface area contributed by atoms with Crippen molar-refractivity contribution in [3.63, 3.8) is 0 Å². The third kappa shape index (κ3) is 3.81. The monoisotopic (exact) mass is 366 g/mol. The first-order valence-electron chi connectivity index (χ1n) is 9.16. The molecule has 27 heavy (non-hydrogen) atoms. The number of benzene rings is 1. The summed E-state index contributed by atoms with van der Waals surface area (Å²) in [6.45, 7) is 4.09. The fraction of sp³-hybridized carbons (Fsp3) is 0.389. The number of tetrazole rings is 1. The number of hydrogen-bond acceptors (Lipinski definition) is 5. The number of aryl methyl sites for hydroxylation is 1. The van der Waals surface area contributed by atoms with E-state index in [-0.39, 0.29) is 12.1 Å². The van der Waals surface area contributed by atoms with E-state index in [0.29, 0.717) is 18.9 Å². The van der Waals surface area contributed by atoms with Crippen LogP contribution in [0.3, 0.4) is 0 Å². The van der Waals surface area contributed by atoms with Crippen molar-refractivity contribution < 1.29 is 4.79 Å². The van der Waals surface area contributed by atoms with Crippen LogP contribution in [0.5, 0.6) is 0 Å². The standard InChI is InChI=1S/C18H22N8O/c1-2-26-22-17(21-23-26)14-6-3-7-15(12-14)20-18(27)25-11-4-8-16(25)13-24-10-5-9-19-24/h3,5-7,9-10,12,16H,2,4,8,11,13H2,1H3,(H,20,27)/t16-/m0/s1. The summed E-state index contributed by atoms with van der Waals surface area (Å²) in [5.41, 5.74) is 1.54. The van der Waals surface area contributed by atoms with Gasteiger partial charge in [0, 0.05) is 30.2 Å². The third-order valence-electron chi connectivity index (χ3n) is 4.70. The highest BCUT2D eigenvalue weighted by Crippen LogP contribution is 2.22. The molecule has 0 saturated carbocycles. The lowest BCUT2D eigenvalue weighted by Crippen LogP contribution is -2.40. The van der Waals surface area contributed by atoms with E-state index in [0.717, 1.165) is 30.6 Å². The largest absolute Gasteiger partial charge is 0.322 e. The van der Waals surface area contributed by atoms with Crippen molar-refractivity contribution in [2.24, 2.45) is 0 Å². The van der Waals surface area contributed by atoms with Crippen LogP contribution >= 0.6 is 0 Å². The van der Waals surface area contributed by atoms with E-state index in [1.165, 1.54) is 4.80 Å². The molecule has 0 unspecified atom stereocenters. The normalized spacial score (nSPS) is 16.6. The van der Waals surface area contributed by atoms with E-state index in [2.05, 4.69) is 25.8 Å². The Labute approximate surface area is 157 Å². The number of nitrogens with zero attached hydrogens (tertiary/aromatic N) is 7. The number of carbonyl (C=O) groups excluding carboxylic acids is 1. The quantitative estimate of drug-likeness (QED) is 0.747. The van der Waals surface area contributed by atoms with E-state index in [9.17, 15) is 4.79 Å². The molecule has 140 valence electrons. The number of hydrogen-bond donors (Lipinski definition) is 1. The number of aromatic nitrogens is 6. The van der Waals surface area contributed by atoms with Crippen LogP contribution in [0.1, 0.15) is 19.8 Å². The lowest BCUT2D eigenvalue weighted by Gasteiger charge is -2.25. The maximum atomic E-state index is 12.8. The molecule has 9 nitrogen and oxygen atoms in total. The maximum absolute atomic E-state index is 12.8. The number of likely N-dealkylation sites (tertiary alicyclic amines) is 1. The SMILES string of the molecule is CCn1nnc(-c2cccc(NC(=O)N3CCC[C@H]3Cn3cccn3)c2)n1. The van der Waals surface area contributed by atoms with Crippen molar-refractivity contribution >= 4 is 11.7 Å². The number of amides is 2. The van der Waals surface area contributed by atoms with Gasteiger partial charge in [-0.15, -0.1) is 10.2 Å². The molecule has 3 aromatic rings. The fourth-order valence-corrected chi connectivity index (χ4v) is 3.34. The average Bonchev–Trinajstić information content (AvgIpc) is 3.44. The van der Waals surface area contributed by atoms with Crippen LogP contribution in [0.15, 0.2) is 42.7 Å². The van der Waals surface area contributed by atoms with Crippen LogP contribution in [-0.2, 0) is 13.1 Å². The molecular weight excluding hydrogens is 344 g/mol. The summed E-state index contributed by atoms with van der Waals surface area (Å²) in [7, 11) is 0. The van der Waals surface area contributed by atoms with Crippen molar-refractivity contribution in [2.45, 2.75) is 38.9 Å². The van der Waals surface area contributed by atoms with E-state index in [1.807, 2.05) is 53.0 Å². The molecule has 9 heteroatoms. The molecule has 1 saturated heterocycles. The number of anilines is 1. The second-order valence-corrected chi connectivity index (χ2v) is 6.53. The highest BCUT2D eigenvalue weighted by Gasteiger charge is 2.29. The van der Waals surface area contributed by atoms with Gasteiger partial charge in [-0.25, -0.2) is 4.79 Å². The van der Waals surface area contributed by atoms with E-state index < -0.39 is 0 Å². The van der Waals surface area contributed by atoms with Gasteiger partial charge in [-0.05, 0) is 43.2 Å². The van der Waals surface area contributed by atoms with Crippen molar-refractivity contribution in [1.82, 2.24) is 34.9 Å². The van der Waals surface area contributed by atoms with Crippen LogP contribution in [0.25, 0.3) is 11.4 Å². The van der Waals surface area contributed by atoms with Crippen LogP contribution < -0.4 is 5.32 Å². The zero-order chi connectivity index (χ0) is 18.6. The molecule has 1 aliphatic rings. The van der Waals surface area contributed by atoms with Gasteiger partial charge in [0.15, 0.2) is 0 Å². The summed E-state index contributed by atoms with van der Waals surface area (Å²) in [6, 6.07) is 9.48. The molecule has 0 radical (unpaired) electrons. The number of rotatable bonds is 5. The summed E-state index contributed by atoms with van der Waals surface area (Å²) < 4.78 is 1.87. The highest BCUT2D eigenvalue weighted by molar-refractivity contribution is 5.90. The van der Waals surface area contributed by atoms with E-state index in [1.54, 1.807) is 6.20 Å². The van der Waals surface area contributed by atoms with Gasteiger partial charge in [0.05, 0.1) is 19.1 Å². The van der Waals surface area contributed by atoms with Crippen LogP contribution in [0.4, 0.5) is 10.5 Å². The van der Waals surface area contributed by atoms with Gasteiger partial charge in [0.25, 0.3) is 0 Å². The first-order chi connectivity index (χ1) is 13.2. The van der Waals surface area contributed by atoms with Gasteiger partial charge < -0.3 is 10.2 Å². The predicted octanol–water partition coefficient (Wildman–Crippen LogP) is 2.25. The molecule has 1 atom stereocenters. The van der Waals surface area contributed by atoms with Crippen molar-refractivity contribution in [3.05, 3.63) is 42.7 Å². The Morgan fingerprint density at radius 2 is 2.26 bits per heavy atom. The maximum Gasteiger partial charge on any atom is 0.322 e. The average molecular weight is 366 g/mol. The molecule has 2 amide bonds. The molecular formula is C18H22N8O. The molecule has 1 fully saturated rings. The van der Waals surface area contributed by atoms with E-state index in [4.69, 9.17) is 0 Å². The zero-order valence-corrected chi connectivity index (χ0v) is 15.2. The fourth-order valence-electron chi connectivity index (χ4n) is 3.34. The Balaban J connectivity index is 1.45. The summed E-state index contributed by atoms with van der Waals surface area (Å²) in [5, 5.41) is 19.6. The van der Waals surface area contributed by atoms with Gasteiger partial charge in [-0.1, -0.05) is 12.1 Å². The Morgan fingerprint density at radius 1 is 1.33 bits per heavy atom. The molecule has 2 aromatic heterocycles. The lowest BCUT2D eigenvalue weighted by atomic mass is 10.2. The van der Waals surface area contributed by atoms with Gasteiger partial charge in [0.1, 0.15) is 0 Å². The van der Waals surface area contributed by atoms with Crippen molar-refractivity contribution in [2.75, 3.05) is 11.9 Å². The summed E-state index contributed by atoms with van der Waals surface area (Å²) >= 11 is 0. The van der Waals surface area contributed by atoms with Crippen molar-refractivity contribution in [3.8, 4) is 11.4 Å². The smallest absolute Gasteiger partial charge is 0.320 e. The second kappa shape index (κ2) is 7.56. The molecule has 1 N–H and O–H groups in total. The molecule has 0 bridgehead atoms. The molecule has 4 rings (SSSR count). The van der Waals surface area contributed by atoms with E-state index >= 15 is 0 Å². The predicted molar refractivity (Wildman–Crippen MR) is 99.9 cm³/mol. The Bertz CT molecular complexity index is 904. The lowest BCUT2D eigenvalue weighted by molar-refractivity contribution is 0.199. The number of nitrogens with one attached hydrogen (secondary N) is 1. The first kappa shape index (κ1) is 17.2. The minimum atomic E-state index is -0.0908. The molecule has 3 heterocycles. The van der Waals surface area contributed by atoms with Crippen LogP contribution in [-0.4, -0.2) is 53.5 Å². The number of carbonyl (C=O) groups is 1. The summed E-state index contributed by atoms with van der Waals surface area (Å²) in [4.78, 5) is 16.2. The molecule has 1 aromatic carbocycles. The van der Waals surface area contributed by atoms with Gasteiger partial charge in [-0.3, -0.25) is 4.68 Å². The minimum Gasteiger partial charge on any atom is -0.320 e. The van der Waals surface area contributed by atoms with Gasteiger partial charge in [0.2, 0.25) is 5.82 Å². The van der Waals surface area contributed by atoms with Gasteiger partial charge >= 0.3 is 6.03 Å². The molecule has 0 aliphatic carbocycles. The summed E-state index contributed by atoms with van der Waals surface area (Å²) in [5.74, 6) is 0.547. The second-order valence-electron chi connectivity index (χ2n) is 6.53. The summed E-state index contributed by atoms with van der Waals surface area (Å²) in [6.07, 6.45) is 5.67. The Kier molecular flexibility index (Phi) is 4.82. The minimum absolute atomic E-state index is 0.0908.